The molecular formula is C21H36N4OS. The van der Waals surface area contributed by atoms with Gasteiger partial charge >= 0.3 is 0 Å². The first-order valence-corrected chi connectivity index (χ1v) is 11.6. The van der Waals surface area contributed by atoms with Crippen LogP contribution in [0.1, 0.15) is 58.1 Å². The van der Waals surface area contributed by atoms with Crippen LogP contribution in [0.25, 0.3) is 0 Å². The highest BCUT2D eigenvalue weighted by atomic mass is 32.1. The maximum absolute atomic E-state index is 13.2. The molecule has 0 radical (unpaired) electrons. The van der Waals surface area contributed by atoms with E-state index in [-0.39, 0.29) is 12.0 Å². The lowest BCUT2D eigenvalue weighted by atomic mass is 9.95. The van der Waals surface area contributed by atoms with Gasteiger partial charge in [-0.25, -0.2) is 4.98 Å². The normalized spacial score (nSPS) is 20.1. The highest BCUT2D eigenvalue weighted by Gasteiger charge is 2.30. The first-order valence-electron chi connectivity index (χ1n) is 10.7. The van der Waals surface area contributed by atoms with Gasteiger partial charge in [-0.05, 0) is 59.5 Å². The van der Waals surface area contributed by atoms with Crippen molar-refractivity contribution in [1.29, 1.82) is 0 Å². The van der Waals surface area contributed by atoms with Crippen LogP contribution < -0.4 is 4.90 Å². The number of thiazole rings is 1. The third-order valence-electron chi connectivity index (χ3n) is 5.98. The summed E-state index contributed by atoms with van der Waals surface area (Å²) in [5.74, 6) is 0.545. The minimum atomic E-state index is 0.175. The van der Waals surface area contributed by atoms with Crippen LogP contribution in [0.5, 0.6) is 0 Å². The fourth-order valence-corrected chi connectivity index (χ4v) is 5.13. The topological polar surface area (TPSA) is 39.7 Å². The molecule has 0 aliphatic carbocycles. The van der Waals surface area contributed by atoms with Crippen LogP contribution in [0.4, 0.5) is 5.13 Å². The number of nitrogens with zero attached hydrogens (tertiary/aromatic N) is 4. The molecular weight excluding hydrogens is 356 g/mol. The van der Waals surface area contributed by atoms with Crippen molar-refractivity contribution in [2.75, 3.05) is 44.2 Å². The van der Waals surface area contributed by atoms with E-state index in [2.05, 4.69) is 38.9 Å². The summed E-state index contributed by atoms with van der Waals surface area (Å²) in [6.07, 6.45) is 7.24. The lowest BCUT2D eigenvalue weighted by molar-refractivity contribution is -0.138. The Bertz CT molecular complexity index is 587. The van der Waals surface area contributed by atoms with E-state index in [1.54, 1.807) is 11.3 Å². The number of anilines is 1. The summed E-state index contributed by atoms with van der Waals surface area (Å²) >= 11 is 1.72. The van der Waals surface area contributed by atoms with E-state index in [1.165, 1.54) is 38.8 Å². The molecule has 0 bridgehead atoms. The predicted octanol–water partition coefficient (Wildman–Crippen LogP) is 3.78. The summed E-state index contributed by atoms with van der Waals surface area (Å²) in [5, 5.41) is 3.22. The van der Waals surface area contributed by atoms with Crippen molar-refractivity contribution < 1.29 is 4.79 Å². The Morgan fingerprint density at radius 1 is 1.19 bits per heavy atom. The Morgan fingerprint density at radius 2 is 1.85 bits per heavy atom. The Kier molecular flexibility index (Phi) is 7.53. The summed E-state index contributed by atoms with van der Waals surface area (Å²) in [4.78, 5) is 24.8. The van der Waals surface area contributed by atoms with Gasteiger partial charge in [0.15, 0.2) is 5.13 Å². The van der Waals surface area contributed by atoms with E-state index in [0.717, 1.165) is 49.8 Å². The summed E-state index contributed by atoms with van der Waals surface area (Å²) in [7, 11) is 0. The lowest BCUT2D eigenvalue weighted by Crippen LogP contribution is -2.47. The van der Waals surface area contributed by atoms with E-state index in [1.807, 2.05) is 6.92 Å². The molecule has 2 aliphatic heterocycles. The largest absolute Gasteiger partial charge is 0.348 e. The van der Waals surface area contributed by atoms with Gasteiger partial charge in [-0.2, -0.15) is 0 Å². The zero-order chi connectivity index (χ0) is 19.2. The van der Waals surface area contributed by atoms with E-state index in [0.29, 0.717) is 5.91 Å². The van der Waals surface area contributed by atoms with Crippen LogP contribution in [0.2, 0.25) is 0 Å². The quantitative estimate of drug-likeness (QED) is 0.739. The average Bonchev–Trinajstić information content (AvgIpc) is 2.93. The summed E-state index contributed by atoms with van der Waals surface area (Å²) in [5.41, 5.74) is 1.09. The Morgan fingerprint density at radius 3 is 2.41 bits per heavy atom. The smallest absolute Gasteiger partial charge is 0.226 e. The molecule has 0 saturated carbocycles. The lowest BCUT2D eigenvalue weighted by Gasteiger charge is -2.36. The molecule has 6 heteroatoms. The number of amides is 1. The van der Waals surface area contributed by atoms with Gasteiger partial charge in [0.25, 0.3) is 0 Å². The molecule has 3 heterocycles. The zero-order valence-corrected chi connectivity index (χ0v) is 18.1. The number of likely N-dealkylation sites (tertiary alicyclic amines) is 1. The van der Waals surface area contributed by atoms with Crippen molar-refractivity contribution in [2.24, 2.45) is 5.92 Å². The minimum Gasteiger partial charge on any atom is -0.348 e. The second-order valence-corrected chi connectivity index (χ2v) is 9.25. The minimum absolute atomic E-state index is 0.175. The fraction of sp³-hybridized carbons (Fsp3) is 0.810. The molecule has 27 heavy (non-hydrogen) atoms. The molecule has 0 atom stereocenters. The SMILES string of the molecule is Cc1csc(N2CCC(C(=O)N(CCN3CCCCCC3)C(C)C)CC2)n1. The van der Waals surface area contributed by atoms with Gasteiger partial charge in [0, 0.05) is 43.5 Å². The van der Waals surface area contributed by atoms with Crippen molar-refractivity contribution in [2.45, 2.75) is 65.3 Å². The Labute approximate surface area is 168 Å². The van der Waals surface area contributed by atoms with Crippen molar-refractivity contribution in [3.8, 4) is 0 Å². The van der Waals surface area contributed by atoms with Crippen LogP contribution in [-0.2, 0) is 4.79 Å². The molecule has 0 aromatic carbocycles. The van der Waals surface area contributed by atoms with Gasteiger partial charge in [0.1, 0.15) is 0 Å². The molecule has 0 N–H and O–H groups in total. The molecule has 2 saturated heterocycles. The average molecular weight is 393 g/mol. The second kappa shape index (κ2) is 9.87. The van der Waals surface area contributed by atoms with Gasteiger partial charge in [-0.15, -0.1) is 11.3 Å². The molecule has 0 spiro atoms. The van der Waals surface area contributed by atoms with Crippen molar-refractivity contribution in [3.63, 3.8) is 0 Å². The third-order valence-corrected chi connectivity index (χ3v) is 7.00. The van der Waals surface area contributed by atoms with Crippen LogP contribution in [0.15, 0.2) is 5.38 Å². The predicted molar refractivity (Wildman–Crippen MR) is 114 cm³/mol. The molecule has 3 rings (SSSR count). The number of carbonyl (C=O) groups is 1. The monoisotopic (exact) mass is 392 g/mol. The molecule has 2 aliphatic rings. The van der Waals surface area contributed by atoms with Crippen LogP contribution in [-0.4, -0.2) is 66.0 Å². The number of rotatable bonds is 6. The Balaban J connectivity index is 1.50. The number of piperidine rings is 1. The second-order valence-electron chi connectivity index (χ2n) is 8.41. The zero-order valence-electron chi connectivity index (χ0n) is 17.3. The molecule has 152 valence electrons. The summed E-state index contributed by atoms with van der Waals surface area (Å²) < 4.78 is 0. The van der Waals surface area contributed by atoms with Crippen molar-refractivity contribution in [1.82, 2.24) is 14.8 Å². The van der Waals surface area contributed by atoms with Crippen molar-refractivity contribution >= 4 is 22.4 Å². The standard InChI is InChI=1S/C21H36N4OS/c1-17(2)25(15-14-23-10-6-4-5-7-11-23)20(26)19-8-12-24(13-9-19)21-22-18(3)16-27-21/h16-17,19H,4-15H2,1-3H3. The molecule has 1 amide bonds. The Hall–Kier alpha value is -1.14. The molecule has 2 fully saturated rings. The number of aromatic nitrogens is 1. The molecule has 1 aromatic heterocycles. The molecule has 5 nitrogen and oxygen atoms in total. The first kappa shape index (κ1) is 20.6. The molecule has 1 aromatic rings. The summed E-state index contributed by atoms with van der Waals surface area (Å²) in [6, 6.07) is 0.282. The number of aryl methyl sites for hydroxylation is 1. The van der Waals surface area contributed by atoms with Crippen LogP contribution in [0, 0.1) is 12.8 Å². The van der Waals surface area contributed by atoms with Gasteiger partial charge in [0.05, 0.1) is 5.69 Å². The summed E-state index contributed by atoms with van der Waals surface area (Å²) in [6.45, 7) is 12.6. The highest BCUT2D eigenvalue weighted by molar-refractivity contribution is 7.13. The van der Waals surface area contributed by atoms with E-state index < -0.39 is 0 Å². The van der Waals surface area contributed by atoms with Crippen LogP contribution >= 0.6 is 11.3 Å². The highest BCUT2D eigenvalue weighted by Crippen LogP contribution is 2.27. The van der Waals surface area contributed by atoms with Gasteiger partial charge in [-0.3, -0.25) is 4.79 Å². The van der Waals surface area contributed by atoms with Gasteiger partial charge in [0.2, 0.25) is 5.91 Å². The number of hydrogen-bond donors (Lipinski definition) is 0. The van der Waals surface area contributed by atoms with Gasteiger partial charge < -0.3 is 14.7 Å². The number of carbonyl (C=O) groups excluding carboxylic acids is 1. The molecule has 0 unspecified atom stereocenters. The van der Waals surface area contributed by atoms with E-state index in [9.17, 15) is 4.79 Å². The first-order chi connectivity index (χ1) is 13.0. The fourth-order valence-electron chi connectivity index (χ4n) is 4.27. The maximum atomic E-state index is 13.2. The maximum Gasteiger partial charge on any atom is 0.226 e. The number of hydrogen-bond acceptors (Lipinski definition) is 5. The van der Waals surface area contributed by atoms with E-state index >= 15 is 0 Å². The third kappa shape index (κ3) is 5.67. The van der Waals surface area contributed by atoms with Gasteiger partial charge in [-0.1, -0.05) is 12.8 Å². The van der Waals surface area contributed by atoms with E-state index in [4.69, 9.17) is 0 Å². The van der Waals surface area contributed by atoms with Crippen molar-refractivity contribution in [3.05, 3.63) is 11.1 Å². The van der Waals surface area contributed by atoms with Crippen LogP contribution in [0.3, 0.4) is 0 Å².